The maximum atomic E-state index is 6.00. The van der Waals surface area contributed by atoms with E-state index in [0.717, 1.165) is 48.2 Å². The van der Waals surface area contributed by atoms with E-state index < -0.39 is 0 Å². The Morgan fingerprint density at radius 2 is 1.90 bits per heavy atom. The van der Waals surface area contributed by atoms with Crippen LogP contribution in [0.15, 0.2) is 12.4 Å². The van der Waals surface area contributed by atoms with Crippen molar-refractivity contribution < 1.29 is 0 Å². The van der Waals surface area contributed by atoms with Crippen molar-refractivity contribution in [2.75, 3.05) is 23.7 Å². The minimum Gasteiger partial charge on any atom is -0.369 e. The van der Waals surface area contributed by atoms with Gasteiger partial charge in [-0.2, -0.15) is 4.98 Å². The van der Waals surface area contributed by atoms with E-state index in [4.69, 9.17) is 5.73 Å². The third-order valence-corrected chi connectivity index (χ3v) is 5.77. The quantitative estimate of drug-likeness (QED) is 0.842. The fraction of sp³-hybridized carbons (Fsp3) is 0.643. The number of nitrogens with zero attached hydrogens (tertiary/aromatic N) is 5. The van der Waals surface area contributed by atoms with Crippen LogP contribution in [0.5, 0.6) is 0 Å². The van der Waals surface area contributed by atoms with Gasteiger partial charge in [0, 0.05) is 19.2 Å². The molecular formula is C14H18N6. The Labute approximate surface area is 117 Å². The zero-order chi connectivity index (χ0) is 13.3. The van der Waals surface area contributed by atoms with E-state index in [1.54, 1.807) is 10.7 Å². The Bertz CT molecular complexity index is 661. The van der Waals surface area contributed by atoms with Crippen LogP contribution in [0.1, 0.15) is 19.3 Å². The smallest absolute Gasteiger partial charge is 0.209 e. The molecule has 2 N–H and O–H groups in total. The fourth-order valence-electron chi connectivity index (χ4n) is 4.87. The number of aromatic nitrogens is 4. The molecule has 3 aliphatic rings. The van der Waals surface area contributed by atoms with Crippen molar-refractivity contribution in [1.82, 2.24) is 19.6 Å². The van der Waals surface area contributed by atoms with E-state index in [2.05, 4.69) is 20.1 Å². The summed E-state index contributed by atoms with van der Waals surface area (Å²) in [6.07, 6.45) is 5.97. The highest BCUT2D eigenvalue weighted by Gasteiger charge is 2.51. The Balaban J connectivity index is 1.51. The lowest BCUT2D eigenvalue weighted by molar-refractivity contribution is 0.281. The molecule has 2 aromatic rings. The Kier molecular flexibility index (Phi) is 1.97. The Morgan fingerprint density at radius 1 is 1.15 bits per heavy atom. The van der Waals surface area contributed by atoms with Gasteiger partial charge >= 0.3 is 0 Å². The van der Waals surface area contributed by atoms with Gasteiger partial charge in [-0.15, -0.1) is 10.2 Å². The Morgan fingerprint density at radius 3 is 2.65 bits per heavy atom. The first-order valence-electron chi connectivity index (χ1n) is 7.51. The summed E-state index contributed by atoms with van der Waals surface area (Å²) in [5, 5.41) is 7.99. The molecule has 3 heterocycles. The molecule has 0 unspecified atom stereocenters. The van der Waals surface area contributed by atoms with Crippen molar-refractivity contribution in [2.24, 2.45) is 23.7 Å². The van der Waals surface area contributed by atoms with Gasteiger partial charge in [0.25, 0.3) is 0 Å². The number of rotatable bonds is 1. The van der Waals surface area contributed by atoms with Crippen molar-refractivity contribution >= 4 is 17.4 Å². The summed E-state index contributed by atoms with van der Waals surface area (Å²) in [6.45, 7) is 2.28. The van der Waals surface area contributed by atoms with Crippen LogP contribution in [0, 0.1) is 23.7 Å². The number of anilines is 2. The van der Waals surface area contributed by atoms with Crippen LogP contribution in [0.2, 0.25) is 0 Å². The molecule has 2 aromatic heterocycles. The van der Waals surface area contributed by atoms with Gasteiger partial charge < -0.3 is 10.6 Å². The first-order chi connectivity index (χ1) is 9.79. The summed E-state index contributed by atoms with van der Waals surface area (Å²) >= 11 is 0. The number of fused-ring (bicyclic) bond motifs is 6. The molecule has 104 valence electrons. The lowest BCUT2D eigenvalue weighted by atomic mass is 9.82. The second kappa shape index (κ2) is 3.62. The van der Waals surface area contributed by atoms with Gasteiger partial charge in [-0.3, -0.25) is 4.40 Å². The van der Waals surface area contributed by atoms with Crippen LogP contribution < -0.4 is 10.6 Å². The third kappa shape index (κ3) is 1.31. The van der Waals surface area contributed by atoms with Crippen molar-refractivity contribution in [3.05, 3.63) is 12.4 Å². The van der Waals surface area contributed by atoms with Gasteiger partial charge in [0.1, 0.15) is 12.1 Å². The molecule has 0 aromatic carbocycles. The molecule has 2 aliphatic carbocycles. The molecule has 1 saturated heterocycles. The highest BCUT2D eigenvalue weighted by molar-refractivity contribution is 5.55. The largest absolute Gasteiger partial charge is 0.369 e. The first-order valence-corrected chi connectivity index (χ1v) is 7.51. The summed E-state index contributed by atoms with van der Waals surface area (Å²) in [5.74, 6) is 5.13. The van der Waals surface area contributed by atoms with Gasteiger partial charge in [-0.05, 0) is 42.9 Å². The van der Waals surface area contributed by atoms with Gasteiger partial charge in [-0.25, -0.2) is 0 Å². The molecule has 20 heavy (non-hydrogen) atoms. The van der Waals surface area contributed by atoms with E-state index >= 15 is 0 Å². The SMILES string of the molecule is Nc1nc(N2C[C@@H]3[C@@H]4CC[C@@H](C4)[C@@H]3C2)cc2nncn12. The van der Waals surface area contributed by atoms with Gasteiger partial charge in [0.15, 0.2) is 5.65 Å². The molecule has 1 aliphatic heterocycles. The van der Waals surface area contributed by atoms with E-state index in [9.17, 15) is 0 Å². The average Bonchev–Trinajstić information content (AvgIpc) is 3.19. The molecule has 3 fully saturated rings. The predicted octanol–water partition coefficient (Wildman–Crippen LogP) is 1.19. The van der Waals surface area contributed by atoms with Crippen molar-refractivity contribution in [3.63, 3.8) is 0 Å². The maximum absolute atomic E-state index is 6.00. The average molecular weight is 270 g/mol. The lowest BCUT2D eigenvalue weighted by Gasteiger charge is -2.22. The zero-order valence-corrected chi connectivity index (χ0v) is 11.3. The van der Waals surface area contributed by atoms with Crippen molar-refractivity contribution in [2.45, 2.75) is 19.3 Å². The molecule has 6 heteroatoms. The zero-order valence-electron chi connectivity index (χ0n) is 11.3. The molecule has 2 saturated carbocycles. The predicted molar refractivity (Wildman–Crippen MR) is 75.2 cm³/mol. The molecule has 0 amide bonds. The number of nitrogen functional groups attached to an aromatic ring is 1. The fourth-order valence-corrected chi connectivity index (χ4v) is 4.87. The standard InChI is InChI=1S/C14H18N6/c15-14-17-12(4-13-18-16-7-20(13)14)19-5-10-8-1-2-9(3-8)11(10)6-19/h4,7-11H,1-3,5-6H2,(H2,15,17)/t8-,9+,10-,11+. The first kappa shape index (κ1) is 10.9. The second-order valence-corrected chi connectivity index (χ2v) is 6.60. The third-order valence-electron chi connectivity index (χ3n) is 5.77. The monoisotopic (exact) mass is 270 g/mol. The molecular weight excluding hydrogens is 252 g/mol. The van der Waals surface area contributed by atoms with Crippen LogP contribution in [0.3, 0.4) is 0 Å². The summed E-state index contributed by atoms with van der Waals surface area (Å²) in [5.41, 5.74) is 6.78. The van der Waals surface area contributed by atoms with Crippen LogP contribution >= 0.6 is 0 Å². The van der Waals surface area contributed by atoms with Crippen molar-refractivity contribution in [1.29, 1.82) is 0 Å². The van der Waals surface area contributed by atoms with E-state index in [-0.39, 0.29) is 0 Å². The summed E-state index contributed by atoms with van der Waals surface area (Å²) < 4.78 is 1.73. The van der Waals surface area contributed by atoms with Gasteiger partial charge in [0.05, 0.1) is 0 Å². The molecule has 2 bridgehead atoms. The highest BCUT2D eigenvalue weighted by atomic mass is 15.3. The number of hydrogen-bond acceptors (Lipinski definition) is 5. The van der Waals surface area contributed by atoms with Crippen LogP contribution in [0.25, 0.3) is 5.65 Å². The lowest BCUT2D eigenvalue weighted by Crippen LogP contribution is -2.24. The molecule has 0 radical (unpaired) electrons. The Hall–Kier alpha value is -1.85. The van der Waals surface area contributed by atoms with E-state index in [0.29, 0.717) is 5.95 Å². The van der Waals surface area contributed by atoms with Crippen LogP contribution in [-0.4, -0.2) is 32.7 Å². The second-order valence-electron chi connectivity index (χ2n) is 6.60. The normalized spacial score (nSPS) is 35.1. The molecule has 4 atom stereocenters. The molecule has 6 nitrogen and oxygen atoms in total. The molecule has 5 rings (SSSR count). The van der Waals surface area contributed by atoms with Gasteiger partial charge in [-0.1, -0.05) is 0 Å². The highest BCUT2D eigenvalue weighted by Crippen LogP contribution is 2.55. The summed E-state index contributed by atoms with van der Waals surface area (Å²) in [7, 11) is 0. The minimum atomic E-state index is 0.475. The van der Waals surface area contributed by atoms with E-state index in [1.807, 2.05) is 6.07 Å². The minimum absolute atomic E-state index is 0.475. The van der Waals surface area contributed by atoms with E-state index in [1.165, 1.54) is 19.3 Å². The number of nitrogens with two attached hydrogens (primary N) is 1. The van der Waals surface area contributed by atoms with Crippen LogP contribution in [-0.2, 0) is 0 Å². The van der Waals surface area contributed by atoms with Gasteiger partial charge in [0.2, 0.25) is 5.95 Å². The summed E-state index contributed by atoms with van der Waals surface area (Å²) in [4.78, 5) is 6.95. The summed E-state index contributed by atoms with van der Waals surface area (Å²) in [6, 6.07) is 2.01. The maximum Gasteiger partial charge on any atom is 0.209 e. The molecule has 0 spiro atoms. The number of hydrogen-bond donors (Lipinski definition) is 1. The topological polar surface area (TPSA) is 72.3 Å². The van der Waals surface area contributed by atoms with Crippen molar-refractivity contribution in [3.8, 4) is 0 Å². The van der Waals surface area contributed by atoms with Crippen LogP contribution in [0.4, 0.5) is 11.8 Å².